The fourth-order valence-electron chi connectivity index (χ4n) is 2.80. The number of rotatable bonds is 3. The van der Waals surface area contributed by atoms with E-state index in [9.17, 15) is 0 Å². The predicted molar refractivity (Wildman–Crippen MR) is 82.4 cm³/mol. The first-order chi connectivity index (χ1) is 9.81. The van der Waals surface area contributed by atoms with Gasteiger partial charge in [0, 0.05) is 44.6 Å². The average Bonchev–Trinajstić information content (AvgIpc) is 2.48. The van der Waals surface area contributed by atoms with Gasteiger partial charge >= 0.3 is 0 Å². The first kappa shape index (κ1) is 13.3. The molecule has 0 amide bonds. The minimum atomic E-state index is 0.588. The lowest BCUT2D eigenvalue weighted by atomic mass is 10.0. The summed E-state index contributed by atoms with van der Waals surface area (Å²) in [6.45, 7) is 6.61. The quantitative estimate of drug-likeness (QED) is 0.926. The molecule has 3 nitrogen and oxygen atoms in total. The molecule has 1 N–H and O–H groups in total. The van der Waals surface area contributed by atoms with Crippen LogP contribution in [0.2, 0.25) is 0 Å². The predicted octanol–water partition coefficient (Wildman–Crippen LogP) is 2.54. The van der Waals surface area contributed by atoms with Crippen LogP contribution in [0.25, 0.3) is 11.1 Å². The molecule has 0 aliphatic carbocycles. The Labute approximate surface area is 120 Å². The van der Waals surface area contributed by atoms with Crippen molar-refractivity contribution in [3.05, 3.63) is 54.4 Å². The summed E-state index contributed by atoms with van der Waals surface area (Å²) < 4.78 is 0. The Morgan fingerprint density at radius 2 is 2.15 bits per heavy atom. The molecule has 1 aliphatic heterocycles. The molecule has 0 unspecified atom stereocenters. The lowest BCUT2D eigenvalue weighted by molar-refractivity contribution is 0.199. The van der Waals surface area contributed by atoms with Crippen LogP contribution in [-0.4, -0.2) is 35.6 Å². The van der Waals surface area contributed by atoms with E-state index >= 15 is 0 Å². The summed E-state index contributed by atoms with van der Waals surface area (Å²) in [5.41, 5.74) is 3.81. The van der Waals surface area contributed by atoms with E-state index in [0.29, 0.717) is 6.04 Å². The number of hydrogen-bond donors (Lipinski definition) is 1. The van der Waals surface area contributed by atoms with Gasteiger partial charge < -0.3 is 5.32 Å². The minimum Gasteiger partial charge on any atom is -0.312 e. The van der Waals surface area contributed by atoms with E-state index < -0.39 is 0 Å². The van der Waals surface area contributed by atoms with E-state index in [1.165, 1.54) is 16.7 Å². The third kappa shape index (κ3) is 3.24. The summed E-state index contributed by atoms with van der Waals surface area (Å²) in [5.74, 6) is 0. The molecule has 2 heterocycles. The van der Waals surface area contributed by atoms with E-state index in [4.69, 9.17) is 0 Å². The third-order valence-corrected chi connectivity index (χ3v) is 3.78. The Morgan fingerprint density at radius 3 is 2.95 bits per heavy atom. The Bertz CT molecular complexity index is 553. The topological polar surface area (TPSA) is 28.2 Å². The Morgan fingerprint density at radius 1 is 1.25 bits per heavy atom. The number of nitrogens with zero attached hydrogens (tertiary/aromatic N) is 2. The third-order valence-electron chi connectivity index (χ3n) is 3.78. The Kier molecular flexibility index (Phi) is 4.09. The van der Waals surface area contributed by atoms with Crippen LogP contribution in [0.1, 0.15) is 12.5 Å². The van der Waals surface area contributed by atoms with Crippen molar-refractivity contribution >= 4 is 0 Å². The van der Waals surface area contributed by atoms with E-state index in [1.807, 2.05) is 18.5 Å². The van der Waals surface area contributed by atoms with Crippen LogP contribution in [0.4, 0.5) is 0 Å². The maximum absolute atomic E-state index is 4.20. The lowest BCUT2D eigenvalue weighted by Crippen LogP contribution is -2.48. The van der Waals surface area contributed by atoms with Gasteiger partial charge in [0.25, 0.3) is 0 Å². The van der Waals surface area contributed by atoms with Crippen molar-refractivity contribution in [1.29, 1.82) is 0 Å². The molecule has 1 aromatic carbocycles. The number of piperazine rings is 1. The van der Waals surface area contributed by atoms with Crippen molar-refractivity contribution in [2.75, 3.05) is 19.6 Å². The lowest BCUT2D eigenvalue weighted by Gasteiger charge is -2.31. The van der Waals surface area contributed by atoms with Crippen molar-refractivity contribution in [2.45, 2.75) is 19.5 Å². The number of hydrogen-bond acceptors (Lipinski definition) is 3. The van der Waals surface area contributed by atoms with Gasteiger partial charge in [0.1, 0.15) is 0 Å². The van der Waals surface area contributed by atoms with Gasteiger partial charge in [-0.2, -0.15) is 0 Å². The summed E-state index contributed by atoms with van der Waals surface area (Å²) in [4.78, 5) is 6.72. The number of benzene rings is 1. The number of nitrogens with one attached hydrogen (secondary N) is 1. The largest absolute Gasteiger partial charge is 0.312 e. The van der Waals surface area contributed by atoms with Gasteiger partial charge in [0.15, 0.2) is 0 Å². The monoisotopic (exact) mass is 267 g/mol. The molecule has 0 spiro atoms. The van der Waals surface area contributed by atoms with E-state index in [2.05, 4.69) is 52.5 Å². The molecule has 1 atom stereocenters. The Balaban J connectivity index is 1.74. The maximum atomic E-state index is 4.20. The molecule has 20 heavy (non-hydrogen) atoms. The molecule has 0 bridgehead atoms. The minimum absolute atomic E-state index is 0.588. The van der Waals surface area contributed by atoms with Crippen molar-refractivity contribution in [3.63, 3.8) is 0 Å². The van der Waals surface area contributed by atoms with Crippen LogP contribution in [-0.2, 0) is 6.54 Å². The highest BCUT2D eigenvalue weighted by molar-refractivity contribution is 5.62. The van der Waals surface area contributed by atoms with E-state index in [0.717, 1.165) is 26.2 Å². The molecule has 0 saturated carbocycles. The van der Waals surface area contributed by atoms with Crippen molar-refractivity contribution in [3.8, 4) is 11.1 Å². The molecule has 1 saturated heterocycles. The van der Waals surface area contributed by atoms with Gasteiger partial charge in [0.2, 0.25) is 0 Å². The summed E-state index contributed by atoms with van der Waals surface area (Å²) in [5, 5.41) is 3.49. The molecule has 1 fully saturated rings. The summed E-state index contributed by atoms with van der Waals surface area (Å²) in [6.07, 6.45) is 3.74. The second-order valence-electron chi connectivity index (χ2n) is 5.53. The maximum Gasteiger partial charge on any atom is 0.0346 e. The molecule has 1 aromatic heterocycles. The van der Waals surface area contributed by atoms with E-state index in [1.54, 1.807) is 0 Å². The molecule has 0 radical (unpaired) electrons. The van der Waals surface area contributed by atoms with Gasteiger partial charge in [-0.3, -0.25) is 9.88 Å². The summed E-state index contributed by atoms with van der Waals surface area (Å²) >= 11 is 0. The van der Waals surface area contributed by atoms with Crippen LogP contribution < -0.4 is 5.32 Å². The second kappa shape index (κ2) is 6.16. The summed E-state index contributed by atoms with van der Waals surface area (Å²) in [7, 11) is 0. The van der Waals surface area contributed by atoms with Gasteiger partial charge in [-0.25, -0.2) is 0 Å². The first-order valence-electron chi connectivity index (χ1n) is 7.26. The SMILES string of the molecule is C[C@H]1CN(Cc2cccc(-c3cccnc3)c2)CCN1. The average molecular weight is 267 g/mol. The molecular weight excluding hydrogens is 246 g/mol. The highest BCUT2D eigenvalue weighted by Crippen LogP contribution is 2.20. The smallest absolute Gasteiger partial charge is 0.0346 e. The Hall–Kier alpha value is -1.71. The van der Waals surface area contributed by atoms with Crippen LogP contribution in [0.3, 0.4) is 0 Å². The number of aromatic nitrogens is 1. The highest BCUT2D eigenvalue weighted by Gasteiger charge is 2.15. The van der Waals surface area contributed by atoms with Gasteiger partial charge in [-0.05, 0) is 35.7 Å². The van der Waals surface area contributed by atoms with Crippen LogP contribution in [0.15, 0.2) is 48.8 Å². The summed E-state index contributed by atoms with van der Waals surface area (Å²) in [6, 6.07) is 13.5. The highest BCUT2D eigenvalue weighted by atomic mass is 15.2. The van der Waals surface area contributed by atoms with Crippen LogP contribution >= 0.6 is 0 Å². The molecule has 2 aromatic rings. The van der Waals surface area contributed by atoms with Crippen LogP contribution in [0, 0.1) is 0 Å². The van der Waals surface area contributed by atoms with E-state index in [-0.39, 0.29) is 0 Å². The second-order valence-corrected chi connectivity index (χ2v) is 5.53. The first-order valence-corrected chi connectivity index (χ1v) is 7.26. The zero-order valence-electron chi connectivity index (χ0n) is 11.9. The molecule has 1 aliphatic rings. The zero-order valence-corrected chi connectivity index (χ0v) is 11.9. The zero-order chi connectivity index (χ0) is 13.8. The molecule has 104 valence electrons. The fraction of sp³-hybridized carbons (Fsp3) is 0.353. The van der Waals surface area contributed by atoms with Crippen molar-refractivity contribution < 1.29 is 0 Å². The molecular formula is C17H21N3. The fourth-order valence-corrected chi connectivity index (χ4v) is 2.80. The molecule has 3 heteroatoms. The standard InChI is InChI=1S/C17H21N3/c1-14-12-20(9-8-19-14)13-15-4-2-5-16(10-15)17-6-3-7-18-11-17/h2-7,10-11,14,19H,8-9,12-13H2,1H3/t14-/m0/s1. The van der Waals surface area contributed by atoms with Crippen LogP contribution in [0.5, 0.6) is 0 Å². The van der Waals surface area contributed by atoms with Crippen molar-refractivity contribution in [2.24, 2.45) is 0 Å². The normalized spacial score (nSPS) is 19.9. The van der Waals surface area contributed by atoms with Gasteiger partial charge in [-0.1, -0.05) is 24.3 Å². The van der Waals surface area contributed by atoms with Crippen molar-refractivity contribution in [1.82, 2.24) is 15.2 Å². The number of pyridine rings is 1. The van der Waals surface area contributed by atoms with Gasteiger partial charge in [0.05, 0.1) is 0 Å². The van der Waals surface area contributed by atoms with Gasteiger partial charge in [-0.15, -0.1) is 0 Å². The molecule has 3 rings (SSSR count).